The van der Waals surface area contributed by atoms with E-state index < -0.39 is 5.82 Å². The summed E-state index contributed by atoms with van der Waals surface area (Å²) in [5, 5.41) is 3.53. The number of carbonyl (C=O) groups excluding carboxylic acids is 1. The summed E-state index contributed by atoms with van der Waals surface area (Å²) in [4.78, 5) is 13.8. The monoisotopic (exact) mass is 256 g/mol. The highest BCUT2D eigenvalue weighted by molar-refractivity contribution is 6.30. The molecule has 1 fully saturated rings. The van der Waals surface area contributed by atoms with Gasteiger partial charge in [0.2, 0.25) is 0 Å². The van der Waals surface area contributed by atoms with E-state index in [0.717, 1.165) is 6.54 Å². The van der Waals surface area contributed by atoms with Gasteiger partial charge >= 0.3 is 0 Å². The average Bonchev–Trinajstić information content (AvgIpc) is 2.28. The van der Waals surface area contributed by atoms with E-state index in [1.54, 1.807) is 4.90 Å². The van der Waals surface area contributed by atoms with E-state index >= 15 is 0 Å². The van der Waals surface area contributed by atoms with E-state index in [9.17, 15) is 9.18 Å². The van der Waals surface area contributed by atoms with Gasteiger partial charge in [-0.25, -0.2) is 4.39 Å². The number of rotatable bonds is 1. The highest BCUT2D eigenvalue weighted by Gasteiger charge is 2.23. The Morgan fingerprint density at radius 3 is 3.00 bits per heavy atom. The molecule has 5 heteroatoms. The van der Waals surface area contributed by atoms with E-state index in [1.807, 2.05) is 6.92 Å². The van der Waals surface area contributed by atoms with Gasteiger partial charge in [-0.05, 0) is 25.1 Å². The summed E-state index contributed by atoms with van der Waals surface area (Å²) in [7, 11) is 0. The Bertz CT molecular complexity index is 439. The zero-order valence-electron chi connectivity index (χ0n) is 9.54. The number of amides is 1. The first-order chi connectivity index (χ1) is 8.08. The maximum absolute atomic E-state index is 13.6. The first-order valence-electron chi connectivity index (χ1n) is 5.55. The smallest absolute Gasteiger partial charge is 0.256 e. The molecule has 17 heavy (non-hydrogen) atoms. The minimum Gasteiger partial charge on any atom is -0.336 e. The number of benzene rings is 1. The Kier molecular flexibility index (Phi) is 3.64. The van der Waals surface area contributed by atoms with Gasteiger partial charge in [0, 0.05) is 30.7 Å². The highest BCUT2D eigenvalue weighted by atomic mass is 35.5. The third-order valence-electron chi connectivity index (χ3n) is 2.82. The summed E-state index contributed by atoms with van der Waals surface area (Å²) in [5.74, 6) is -0.832. The van der Waals surface area contributed by atoms with Crippen molar-refractivity contribution in [2.75, 3.05) is 19.6 Å². The van der Waals surface area contributed by atoms with E-state index in [-0.39, 0.29) is 17.5 Å². The minimum atomic E-state index is -0.561. The van der Waals surface area contributed by atoms with Gasteiger partial charge in [0.05, 0.1) is 5.56 Å². The van der Waals surface area contributed by atoms with Crippen LogP contribution in [0.2, 0.25) is 5.02 Å². The Balaban J connectivity index is 2.18. The average molecular weight is 257 g/mol. The van der Waals surface area contributed by atoms with Crippen LogP contribution in [0.4, 0.5) is 4.39 Å². The lowest BCUT2D eigenvalue weighted by Gasteiger charge is -2.32. The second kappa shape index (κ2) is 5.02. The molecular weight excluding hydrogens is 243 g/mol. The van der Waals surface area contributed by atoms with Crippen molar-refractivity contribution in [3.63, 3.8) is 0 Å². The third-order valence-corrected chi connectivity index (χ3v) is 3.05. The SMILES string of the molecule is CC1CN(C(=O)c2ccc(Cl)cc2F)CCN1. The molecule has 0 spiro atoms. The topological polar surface area (TPSA) is 32.3 Å². The van der Waals surface area contributed by atoms with Gasteiger partial charge in [-0.1, -0.05) is 11.6 Å². The van der Waals surface area contributed by atoms with Crippen LogP contribution in [0, 0.1) is 5.82 Å². The molecule has 92 valence electrons. The van der Waals surface area contributed by atoms with Crippen molar-refractivity contribution in [1.82, 2.24) is 10.2 Å². The summed E-state index contributed by atoms with van der Waals surface area (Å²) in [6.45, 7) is 3.94. The summed E-state index contributed by atoms with van der Waals surface area (Å²) in [5.41, 5.74) is 0.0866. The van der Waals surface area contributed by atoms with Crippen molar-refractivity contribution in [1.29, 1.82) is 0 Å². The molecule has 1 heterocycles. The van der Waals surface area contributed by atoms with Crippen molar-refractivity contribution >= 4 is 17.5 Å². The molecule has 1 aromatic carbocycles. The van der Waals surface area contributed by atoms with E-state index in [0.29, 0.717) is 18.1 Å². The lowest BCUT2D eigenvalue weighted by atomic mass is 10.1. The lowest BCUT2D eigenvalue weighted by Crippen LogP contribution is -2.51. The molecule has 1 unspecified atom stereocenters. The Hall–Kier alpha value is -1.13. The fourth-order valence-electron chi connectivity index (χ4n) is 1.95. The second-order valence-electron chi connectivity index (χ2n) is 4.23. The number of piperazine rings is 1. The van der Waals surface area contributed by atoms with Crippen molar-refractivity contribution < 1.29 is 9.18 Å². The number of carbonyl (C=O) groups is 1. The third kappa shape index (κ3) is 2.76. The molecule has 0 bridgehead atoms. The molecule has 1 aliphatic rings. The Labute approximate surface area is 105 Å². The number of hydrogen-bond acceptors (Lipinski definition) is 2. The first kappa shape index (κ1) is 12.3. The highest BCUT2D eigenvalue weighted by Crippen LogP contribution is 2.17. The molecule has 1 aliphatic heterocycles. The van der Waals surface area contributed by atoms with Crippen molar-refractivity contribution in [3.8, 4) is 0 Å². The lowest BCUT2D eigenvalue weighted by molar-refractivity contribution is 0.0704. The molecule has 2 rings (SSSR count). The predicted molar refractivity (Wildman–Crippen MR) is 64.8 cm³/mol. The molecule has 1 saturated heterocycles. The standard InChI is InChI=1S/C12H14ClFN2O/c1-8-7-16(5-4-15-8)12(17)10-3-2-9(13)6-11(10)14/h2-3,6,8,15H,4-5,7H2,1H3. The predicted octanol–water partition coefficient (Wildman–Crippen LogP) is 1.91. The van der Waals surface area contributed by atoms with E-state index in [2.05, 4.69) is 5.32 Å². The van der Waals surface area contributed by atoms with Gasteiger partial charge in [-0.3, -0.25) is 4.79 Å². The Morgan fingerprint density at radius 2 is 2.35 bits per heavy atom. The first-order valence-corrected chi connectivity index (χ1v) is 5.93. The number of halogens is 2. The maximum atomic E-state index is 13.6. The maximum Gasteiger partial charge on any atom is 0.256 e. The van der Waals surface area contributed by atoms with Crippen LogP contribution >= 0.6 is 11.6 Å². The zero-order valence-corrected chi connectivity index (χ0v) is 10.3. The van der Waals surface area contributed by atoms with Gasteiger partial charge in [0.1, 0.15) is 5.82 Å². The van der Waals surface area contributed by atoms with Gasteiger partial charge < -0.3 is 10.2 Å². The van der Waals surface area contributed by atoms with Gasteiger partial charge in [-0.2, -0.15) is 0 Å². The van der Waals surface area contributed by atoms with E-state index in [4.69, 9.17) is 11.6 Å². The Morgan fingerprint density at radius 1 is 1.59 bits per heavy atom. The number of nitrogens with one attached hydrogen (secondary N) is 1. The summed E-state index contributed by atoms with van der Waals surface area (Å²) < 4.78 is 13.6. The molecule has 3 nitrogen and oxygen atoms in total. The summed E-state index contributed by atoms with van der Waals surface area (Å²) in [6.07, 6.45) is 0. The van der Waals surface area contributed by atoms with Gasteiger partial charge in [-0.15, -0.1) is 0 Å². The number of hydrogen-bond donors (Lipinski definition) is 1. The molecule has 0 aliphatic carbocycles. The largest absolute Gasteiger partial charge is 0.336 e. The number of nitrogens with zero attached hydrogens (tertiary/aromatic N) is 1. The van der Waals surface area contributed by atoms with Crippen LogP contribution in [0.5, 0.6) is 0 Å². The molecule has 1 N–H and O–H groups in total. The van der Waals surface area contributed by atoms with Gasteiger partial charge in [0.15, 0.2) is 0 Å². The fourth-order valence-corrected chi connectivity index (χ4v) is 2.11. The van der Waals surface area contributed by atoms with Crippen LogP contribution in [0.25, 0.3) is 0 Å². The molecule has 0 radical (unpaired) electrons. The molecule has 0 saturated carbocycles. The van der Waals surface area contributed by atoms with Gasteiger partial charge in [0.25, 0.3) is 5.91 Å². The molecule has 1 aromatic rings. The van der Waals surface area contributed by atoms with Crippen LogP contribution in [0.1, 0.15) is 17.3 Å². The molecule has 0 aromatic heterocycles. The van der Waals surface area contributed by atoms with Crippen molar-refractivity contribution in [3.05, 3.63) is 34.6 Å². The second-order valence-corrected chi connectivity index (χ2v) is 4.67. The van der Waals surface area contributed by atoms with Crippen LogP contribution < -0.4 is 5.32 Å². The molecular formula is C12H14ClFN2O. The summed E-state index contributed by atoms with van der Waals surface area (Å²) in [6, 6.07) is 4.37. The van der Waals surface area contributed by atoms with Crippen molar-refractivity contribution in [2.24, 2.45) is 0 Å². The van der Waals surface area contributed by atoms with Crippen LogP contribution in [-0.4, -0.2) is 36.5 Å². The normalized spacial score (nSPS) is 20.4. The zero-order chi connectivity index (χ0) is 12.4. The van der Waals surface area contributed by atoms with Crippen LogP contribution in [-0.2, 0) is 0 Å². The quantitative estimate of drug-likeness (QED) is 0.833. The van der Waals surface area contributed by atoms with Crippen molar-refractivity contribution in [2.45, 2.75) is 13.0 Å². The van der Waals surface area contributed by atoms with Crippen LogP contribution in [0.3, 0.4) is 0 Å². The summed E-state index contributed by atoms with van der Waals surface area (Å²) >= 11 is 5.66. The molecule has 1 atom stereocenters. The minimum absolute atomic E-state index is 0.0866. The van der Waals surface area contributed by atoms with Crippen LogP contribution in [0.15, 0.2) is 18.2 Å². The fraction of sp³-hybridized carbons (Fsp3) is 0.417. The van der Waals surface area contributed by atoms with E-state index in [1.165, 1.54) is 18.2 Å². The molecule has 1 amide bonds.